The van der Waals surface area contributed by atoms with Gasteiger partial charge in [-0.05, 0) is 32.2 Å². The normalized spacial score (nSPS) is 17.7. The van der Waals surface area contributed by atoms with Crippen LogP contribution in [0.5, 0.6) is 0 Å². The Morgan fingerprint density at radius 3 is 2.42 bits per heavy atom. The van der Waals surface area contributed by atoms with Gasteiger partial charge in [0.05, 0.1) is 6.26 Å². The first kappa shape index (κ1) is 16.4. The number of amides is 1. The molecule has 0 aromatic carbocycles. The Morgan fingerprint density at radius 2 is 1.89 bits per heavy atom. The second-order valence-electron chi connectivity index (χ2n) is 5.14. The van der Waals surface area contributed by atoms with E-state index in [0.29, 0.717) is 38.9 Å². The number of carbonyl (C=O) groups excluding carboxylic acids is 1. The average molecular weight is 291 g/mol. The fourth-order valence-corrected chi connectivity index (χ4v) is 3.15. The Bertz CT molecular complexity index is 376. The minimum atomic E-state index is -3.15. The average Bonchev–Trinajstić information content (AvgIpc) is 2.33. The number of sulfonamides is 1. The number of likely N-dealkylation sites (tertiary alicyclic amines) is 1. The molecule has 0 atom stereocenters. The van der Waals surface area contributed by atoms with Gasteiger partial charge in [0.15, 0.2) is 0 Å². The minimum Gasteiger partial charge on any atom is -0.343 e. The third kappa shape index (κ3) is 6.89. The van der Waals surface area contributed by atoms with Gasteiger partial charge >= 0.3 is 0 Å². The maximum atomic E-state index is 11.9. The molecule has 0 aromatic heterocycles. The molecule has 1 heterocycles. The molecule has 112 valence electrons. The molecule has 0 bridgehead atoms. The zero-order valence-corrected chi connectivity index (χ0v) is 12.4. The van der Waals surface area contributed by atoms with Gasteiger partial charge in [-0.3, -0.25) is 4.79 Å². The Labute approximate surface area is 115 Å². The molecule has 1 aliphatic rings. The number of rotatable bonds is 7. The highest BCUT2D eigenvalue weighted by Crippen LogP contribution is 2.13. The second kappa shape index (κ2) is 7.81. The first-order valence-electron chi connectivity index (χ1n) is 6.87. The summed E-state index contributed by atoms with van der Waals surface area (Å²) in [5.74, 6) is 0.176. The summed E-state index contributed by atoms with van der Waals surface area (Å²) in [5, 5.41) is 0. The summed E-state index contributed by atoms with van der Waals surface area (Å²) in [7, 11) is -3.15. The molecule has 1 rings (SSSR count). The van der Waals surface area contributed by atoms with Gasteiger partial charge in [-0.25, -0.2) is 13.1 Å². The topological polar surface area (TPSA) is 92.5 Å². The van der Waals surface area contributed by atoms with Crippen LogP contribution in [0.15, 0.2) is 0 Å². The van der Waals surface area contributed by atoms with E-state index in [1.165, 1.54) is 6.26 Å². The highest BCUT2D eigenvalue weighted by atomic mass is 32.2. The highest BCUT2D eigenvalue weighted by molar-refractivity contribution is 7.88. The molecule has 7 heteroatoms. The predicted octanol–water partition coefficient (Wildman–Crippen LogP) is 0.0457. The van der Waals surface area contributed by atoms with Gasteiger partial charge < -0.3 is 10.6 Å². The van der Waals surface area contributed by atoms with Crippen molar-refractivity contribution in [2.75, 3.05) is 25.9 Å². The summed E-state index contributed by atoms with van der Waals surface area (Å²) in [5.41, 5.74) is 5.40. The molecule has 6 nitrogen and oxygen atoms in total. The molecular weight excluding hydrogens is 266 g/mol. The van der Waals surface area contributed by atoms with Gasteiger partial charge in [-0.15, -0.1) is 0 Å². The van der Waals surface area contributed by atoms with Crippen LogP contribution < -0.4 is 10.5 Å². The van der Waals surface area contributed by atoms with E-state index in [1.807, 2.05) is 4.90 Å². The van der Waals surface area contributed by atoms with Crippen LogP contribution >= 0.6 is 0 Å². The quantitative estimate of drug-likeness (QED) is 0.648. The Balaban J connectivity index is 2.23. The Hall–Kier alpha value is -0.660. The molecular formula is C12H25N3O3S. The van der Waals surface area contributed by atoms with Crippen LogP contribution in [0.3, 0.4) is 0 Å². The number of piperidine rings is 1. The number of nitrogens with zero attached hydrogens (tertiary/aromatic N) is 1. The van der Waals surface area contributed by atoms with E-state index in [2.05, 4.69) is 4.72 Å². The van der Waals surface area contributed by atoms with Crippen LogP contribution in [-0.4, -0.2) is 51.2 Å². The molecule has 0 unspecified atom stereocenters. The van der Waals surface area contributed by atoms with Gasteiger partial charge in [-0.2, -0.15) is 0 Å². The molecule has 1 amide bonds. The van der Waals surface area contributed by atoms with E-state index in [1.54, 1.807) is 0 Å². The van der Waals surface area contributed by atoms with Crippen molar-refractivity contribution >= 4 is 15.9 Å². The van der Waals surface area contributed by atoms with Gasteiger partial charge in [0.2, 0.25) is 15.9 Å². The van der Waals surface area contributed by atoms with Gasteiger partial charge in [0, 0.05) is 25.6 Å². The van der Waals surface area contributed by atoms with Gasteiger partial charge in [0.1, 0.15) is 0 Å². The lowest BCUT2D eigenvalue weighted by Crippen LogP contribution is -2.46. The van der Waals surface area contributed by atoms with Crippen molar-refractivity contribution in [1.82, 2.24) is 9.62 Å². The van der Waals surface area contributed by atoms with Crippen LogP contribution in [0.1, 0.15) is 38.5 Å². The molecule has 1 aliphatic heterocycles. The molecule has 0 radical (unpaired) electrons. The van der Waals surface area contributed by atoms with Crippen LogP contribution in [0.2, 0.25) is 0 Å². The van der Waals surface area contributed by atoms with Crippen molar-refractivity contribution in [2.24, 2.45) is 5.73 Å². The molecule has 0 aliphatic carbocycles. The van der Waals surface area contributed by atoms with Crippen LogP contribution in [0, 0.1) is 0 Å². The standard InChI is InChI=1S/C12H25N3O3S/c1-19(17,18)14-11-6-9-15(10-7-11)12(16)5-3-2-4-8-13/h11,14H,2-10,13H2,1H3. The lowest BCUT2D eigenvalue weighted by Gasteiger charge is -2.32. The van der Waals surface area contributed by atoms with Gasteiger partial charge in [0.25, 0.3) is 0 Å². The number of carbonyl (C=O) groups is 1. The zero-order valence-electron chi connectivity index (χ0n) is 11.6. The van der Waals surface area contributed by atoms with Crippen molar-refractivity contribution in [2.45, 2.75) is 44.6 Å². The Morgan fingerprint density at radius 1 is 1.26 bits per heavy atom. The number of nitrogens with one attached hydrogen (secondary N) is 1. The maximum Gasteiger partial charge on any atom is 0.222 e. The lowest BCUT2D eigenvalue weighted by molar-refractivity contribution is -0.132. The van der Waals surface area contributed by atoms with E-state index in [-0.39, 0.29) is 11.9 Å². The van der Waals surface area contributed by atoms with Gasteiger partial charge in [-0.1, -0.05) is 6.42 Å². The zero-order chi connectivity index (χ0) is 14.3. The fourth-order valence-electron chi connectivity index (χ4n) is 2.30. The van der Waals surface area contributed by atoms with Crippen LogP contribution in [0.4, 0.5) is 0 Å². The lowest BCUT2D eigenvalue weighted by atomic mass is 10.1. The molecule has 1 fully saturated rings. The van der Waals surface area contributed by atoms with E-state index >= 15 is 0 Å². The fraction of sp³-hybridized carbons (Fsp3) is 0.917. The van der Waals surface area contributed by atoms with Crippen molar-refractivity contribution in [1.29, 1.82) is 0 Å². The van der Waals surface area contributed by atoms with E-state index in [0.717, 1.165) is 19.3 Å². The second-order valence-corrected chi connectivity index (χ2v) is 6.92. The monoisotopic (exact) mass is 291 g/mol. The van der Waals surface area contributed by atoms with Crippen molar-refractivity contribution in [3.8, 4) is 0 Å². The number of hydrogen-bond donors (Lipinski definition) is 2. The smallest absolute Gasteiger partial charge is 0.222 e. The maximum absolute atomic E-state index is 11.9. The molecule has 19 heavy (non-hydrogen) atoms. The summed E-state index contributed by atoms with van der Waals surface area (Å²) < 4.78 is 24.8. The largest absolute Gasteiger partial charge is 0.343 e. The third-order valence-corrected chi connectivity index (χ3v) is 4.08. The summed E-state index contributed by atoms with van der Waals surface area (Å²) >= 11 is 0. The number of nitrogens with two attached hydrogens (primary N) is 1. The van der Waals surface area contributed by atoms with E-state index < -0.39 is 10.0 Å². The Kier molecular flexibility index (Phi) is 6.74. The predicted molar refractivity (Wildman–Crippen MR) is 75.1 cm³/mol. The van der Waals surface area contributed by atoms with Crippen molar-refractivity contribution in [3.63, 3.8) is 0 Å². The van der Waals surface area contributed by atoms with E-state index in [4.69, 9.17) is 5.73 Å². The summed E-state index contributed by atoms with van der Waals surface area (Å²) in [6.07, 6.45) is 5.98. The SMILES string of the molecule is CS(=O)(=O)NC1CCN(C(=O)CCCCCN)CC1. The van der Waals surface area contributed by atoms with E-state index in [9.17, 15) is 13.2 Å². The van der Waals surface area contributed by atoms with Crippen molar-refractivity contribution in [3.05, 3.63) is 0 Å². The number of hydrogen-bond acceptors (Lipinski definition) is 4. The molecule has 3 N–H and O–H groups in total. The minimum absolute atomic E-state index is 0.0312. The molecule has 0 aromatic rings. The van der Waals surface area contributed by atoms with Crippen LogP contribution in [-0.2, 0) is 14.8 Å². The highest BCUT2D eigenvalue weighted by Gasteiger charge is 2.23. The summed E-state index contributed by atoms with van der Waals surface area (Å²) in [6.45, 7) is 1.96. The van der Waals surface area contributed by atoms with Crippen LogP contribution in [0.25, 0.3) is 0 Å². The molecule has 0 saturated carbocycles. The molecule has 0 spiro atoms. The third-order valence-electron chi connectivity index (χ3n) is 3.32. The number of unbranched alkanes of at least 4 members (excludes halogenated alkanes) is 2. The molecule has 1 saturated heterocycles. The summed E-state index contributed by atoms with van der Waals surface area (Å²) in [6, 6.07) is -0.0312. The first-order chi connectivity index (χ1) is 8.92. The first-order valence-corrected chi connectivity index (χ1v) is 8.76. The van der Waals surface area contributed by atoms with Crippen molar-refractivity contribution < 1.29 is 13.2 Å². The summed E-state index contributed by atoms with van der Waals surface area (Å²) in [4.78, 5) is 13.7.